The smallest absolute Gasteiger partial charge is 0.338 e. The highest BCUT2D eigenvalue weighted by atomic mass is 32.2. The lowest BCUT2D eigenvalue weighted by Crippen LogP contribution is -2.26. The van der Waals surface area contributed by atoms with Crippen molar-refractivity contribution >= 4 is 27.4 Å². The van der Waals surface area contributed by atoms with E-state index < -0.39 is 27.4 Å². The molecule has 0 saturated heterocycles. The van der Waals surface area contributed by atoms with Crippen molar-refractivity contribution in [3.05, 3.63) is 59.9 Å². The van der Waals surface area contributed by atoms with Crippen LogP contribution in [0.15, 0.2) is 48.5 Å². The van der Waals surface area contributed by atoms with Gasteiger partial charge in [-0.1, -0.05) is 6.07 Å². The standard InChI is InChI=1S/C18H20FNO4S/c1-18(2,3)24-17(21)13-6-5-7-16(12-13)20(25(4,22)23)15-10-8-14(19)9-11-15/h5-12H,1-4H3. The van der Waals surface area contributed by atoms with Gasteiger partial charge in [0.1, 0.15) is 11.4 Å². The van der Waals surface area contributed by atoms with E-state index in [-0.39, 0.29) is 16.9 Å². The molecular formula is C18H20FNO4S. The summed E-state index contributed by atoms with van der Waals surface area (Å²) < 4.78 is 44.0. The molecule has 0 amide bonds. The summed E-state index contributed by atoms with van der Waals surface area (Å²) in [5, 5.41) is 0. The lowest BCUT2D eigenvalue weighted by atomic mass is 10.1. The van der Waals surface area contributed by atoms with Crippen LogP contribution in [0.1, 0.15) is 31.1 Å². The molecular weight excluding hydrogens is 345 g/mol. The second kappa shape index (κ2) is 6.84. The van der Waals surface area contributed by atoms with Gasteiger partial charge in [0, 0.05) is 0 Å². The molecule has 0 atom stereocenters. The van der Waals surface area contributed by atoms with E-state index in [1.54, 1.807) is 39.0 Å². The van der Waals surface area contributed by atoms with Crippen molar-refractivity contribution in [1.82, 2.24) is 0 Å². The van der Waals surface area contributed by atoms with Crippen LogP contribution >= 0.6 is 0 Å². The normalized spacial score (nSPS) is 11.9. The van der Waals surface area contributed by atoms with Crippen LogP contribution in [-0.2, 0) is 14.8 Å². The van der Waals surface area contributed by atoms with E-state index in [0.29, 0.717) is 0 Å². The summed E-state index contributed by atoms with van der Waals surface area (Å²) in [5.41, 5.74) is 0.0893. The van der Waals surface area contributed by atoms with E-state index in [4.69, 9.17) is 4.74 Å². The number of benzene rings is 2. The fourth-order valence-electron chi connectivity index (χ4n) is 2.20. The van der Waals surface area contributed by atoms with Crippen LogP contribution in [0.3, 0.4) is 0 Å². The predicted octanol–water partition coefficient (Wildman–Crippen LogP) is 3.88. The van der Waals surface area contributed by atoms with Gasteiger partial charge < -0.3 is 4.74 Å². The first kappa shape index (κ1) is 18.9. The zero-order valence-corrected chi connectivity index (χ0v) is 15.3. The topological polar surface area (TPSA) is 63.7 Å². The maximum Gasteiger partial charge on any atom is 0.338 e. The lowest BCUT2D eigenvalue weighted by molar-refractivity contribution is 0.00695. The predicted molar refractivity (Wildman–Crippen MR) is 95.0 cm³/mol. The minimum atomic E-state index is -3.70. The van der Waals surface area contributed by atoms with Crippen molar-refractivity contribution < 1.29 is 22.3 Å². The molecule has 5 nitrogen and oxygen atoms in total. The number of nitrogens with zero attached hydrogens (tertiary/aromatic N) is 1. The molecule has 2 rings (SSSR count). The third-order valence-corrected chi connectivity index (χ3v) is 4.19. The Morgan fingerprint density at radius 1 is 1.04 bits per heavy atom. The molecule has 0 aliphatic rings. The molecule has 25 heavy (non-hydrogen) atoms. The molecule has 0 heterocycles. The molecule has 0 spiro atoms. The van der Waals surface area contributed by atoms with Crippen molar-refractivity contribution in [2.75, 3.05) is 10.6 Å². The van der Waals surface area contributed by atoms with E-state index in [9.17, 15) is 17.6 Å². The van der Waals surface area contributed by atoms with Crippen molar-refractivity contribution in [3.63, 3.8) is 0 Å². The molecule has 0 fully saturated rings. The number of hydrogen-bond acceptors (Lipinski definition) is 4. The van der Waals surface area contributed by atoms with Gasteiger partial charge in [0.2, 0.25) is 10.0 Å². The SMILES string of the molecule is CC(C)(C)OC(=O)c1cccc(N(c2ccc(F)cc2)S(C)(=O)=O)c1. The Kier molecular flexibility index (Phi) is 5.17. The third kappa shape index (κ3) is 5.03. The summed E-state index contributed by atoms with van der Waals surface area (Å²) in [6, 6.07) is 11.2. The quantitative estimate of drug-likeness (QED) is 0.772. The maximum absolute atomic E-state index is 13.1. The Morgan fingerprint density at radius 2 is 1.64 bits per heavy atom. The summed E-state index contributed by atoms with van der Waals surface area (Å²) >= 11 is 0. The number of esters is 1. The van der Waals surface area contributed by atoms with Gasteiger partial charge in [0.05, 0.1) is 23.2 Å². The van der Waals surface area contributed by atoms with Crippen LogP contribution in [-0.4, -0.2) is 26.2 Å². The first-order valence-corrected chi connectivity index (χ1v) is 9.41. The monoisotopic (exact) mass is 365 g/mol. The fourth-order valence-corrected chi connectivity index (χ4v) is 3.21. The van der Waals surface area contributed by atoms with Gasteiger partial charge in [0.15, 0.2) is 0 Å². The van der Waals surface area contributed by atoms with Gasteiger partial charge in [-0.05, 0) is 63.2 Å². The zero-order valence-electron chi connectivity index (χ0n) is 14.5. The lowest BCUT2D eigenvalue weighted by Gasteiger charge is -2.24. The average molecular weight is 365 g/mol. The summed E-state index contributed by atoms with van der Waals surface area (Å²) in [7, 11) is -3.70. The number of ether oxygens (including phenoxy) is 1. The molecule has 0 radical (unpaired) electrons. The number of carbonyl (C=O) groups is 1. The van der Waals surface area contributed by atoms with Gasteiger partial charge in [-0.15, -0.1) is 0 Å². The first-order valence-electron chi connectivity index (χ1n) is 7.57. The van der Waals surface area contributed by atoms with Crippen LogP contribution in [0.5, 0.6) is 0 Å². The Morgan fingerprint density at radius 3 is 2.16 bits per heavy atom. The minimum absolute atomic E-state index is 0.225. The van der Waals surface area contributed by atoms with Gasteiger partial charge in [-0.2, -0.15) is 0 Å². The molecule has 0 saturated carbocycles. The van der Waals surface area contributed by atoms with Crippen molar-refractivity contribution in [2.45, 2.75) is 26.4 Å². The Bertz CT molecular complexity index is 871. The van der Waals surface area contributed by atoms with Crippen LogP contribution < -0.4 is 4.31 Å². The second-order valence-corrected chi connectivity index (χ2v) is 8.39. The molecule has 2 aromatic carbocycles. The summed E-state index contributed by atoms with van der Waals surface area (Å²) in [6.07, 6.45) is 1.04. The van der Waals surface area contributed by atoms with Crippen LogP contribution in [0.25, 0.3) is 0 Å². The highest BCUT2D eigenvalue weighted by molar-refractivity contribution is 7.92. The summed E-state index contributed by atoms with van der Waals surface area (Å²) in [5.74, 6) is -1.03. The molecule has 0 unspecified atom stereocenters. The van der Waals surface area contributed by atoms with Gasteiger partial charge >= 0.3 is 5.97 Å². The van der Waals surface area contributed by atoms with Crippen LogP contribution in [0.4, 0.5) is 15.8 Å². The highest BCUT2D eigenvalue weighted by Crippen LogP contribution is 2.29. The minimum Gasteiger partial charge on any atom is -0.456 e. The molecule has 0 N–H and O–H groups in total. The van der Waals surface area contributed by atoms with Gasteiger partial charge in [-0.3, -0.25) is 0 Å². The molecule has 0 bridgehead atoms. The molecule has 7 heteroatoms. The van der Waals surface area contributed by atoms with E-state index >= 15 is 0 Å². The highest BCUT2D eigenvalue weighted by Gasteiger charge is 2.23. The van der Waals surface area contributed by atoms with Crippen molar-refractivity contribution in [2.24, 2.45) is 0 Å². The van der Waals surface area contributed by atoms with Crippen LogP contribution in [0, 0.1) is 5.82 Å². The largest absolute Gasteiger partial charge is 0.456 e. The Balaban J connectivity index is 2.47. The number of anilines is 2. The molecule has 0 aromatic heterocycles. The molecule has 0 aliphatic carbocycles. The average Bonchev–Trinajstić information content (AvgIpc) is 2.47. The summed E-state index contributed by atoms with van der Waals surface area (Å²) in [4.78, 5) is 12.2. The van der Waals surface area contributed by atoms with E-state index in [2.05, 4.69) is 0 Å². The zero-order chi connectivity index (χ0) is 18.8. The number of hydrogen-bond donors (Lipinski definition) is 0. The van der Waals surface area contributed by atoms with Crippen molar-refractivity contribution in [3.8, 4) is 0 Å². The molecule has 0 aliphatic heterocycles. The van der Waals surface area contributed by atoms with E-state index in [0.717, 1.165) is 10.6 Å². The maximum atomic E-state index is 13.1. The number of sulfonamides is 1. The van der Waals surface area contributed by atoms with Gasteiger partial charge in [-0.25, -0.2) is 21.9 Å². The van der Waals surface area contributed by atoms with E-state index in [1.807, 2.05) is 0 Å². The molecule has 134 valence electrons. The van der Waals surface area contributed by atoms with Crippen LogP contribution in [0.2, 0.25) is 0 Å². The number of rotatable bonds is 4. The summed E-state index contributed by atoms with van der Waals surface area (Å²) in [6.45, 7) is 5.24. The van der Waals surface area contributed by atoms with Gasteiger partial charge in [0.25, 0.3) is 0 Å². The number of halogens is 1. The third-order valence-electron chi connectivity index (χ3n) is 3.11. The Hall–Kier alpha value is -2.41. The first-order chi connectivity index (χ1) is 11.5. The fraction of sp³-hybridized carbons (Fsp3) is 0.278. The number of carbonyl (C=O) groups excluding carboxylic acids is 1. The van der Waals surface area contributed by atoms with Crippen molar-refractivity contribution in [1.29, 1.82) is 0 Å². The Labute approximate surface area is 147 Å². The van der Waals surface area contributed by atoms with E-state index in [1.165, 1.54) is 30.3 Å². The second-order valence-electron chi connectivity index (χ2n) is 6.56. The molecule has 2 aromatic rings.